The van der Waals surface area contributed by atoms with Crippen molar-refractivity contribution in [2.75, 3.05) is 20.8 Å². The van der Waals surface area contributed by atoms with Crippen LogP contribution in [0.15, 0.2) is 41.4 Å². The van der Waals surface area contributed by atoms with Crippen LogP contribution in [0.4, 0.5) is 0 Å². The van der Waals surface area contributed by atoms with Gasteiger partial charge in [0.15, 0.2) is 4.80 Å². The summed E-state index contributed by atoms with van der Waals surface area (Å²) in [5, 5.41) is 0. The lowest BCUT2D eigenvalue weighted by atomic mass is 10.1. The molecule has 1 aromatic heterocycles. The number of hydrogen-bond donors (Lipinski definition) is 0. The molecule has 0 bridgehead atoms. The third kappa shape index (κ3) is 4.46. The molecule has 0 saturated carbocycles. The highest BCUT2D eigenvalue weighted by Gasteiger charge is 2.10. The highest BCUT2D eigenvalue weighted by molar-refractivity contribution is 7.16. The minimum atomic E-state index is -0.161. The number of fused-ring (bicyclic) bond motifs is 1. The molecule has 0 aliphatic heterocycles. The summed E-state index contributed by atoms with van der Waals surface area (Å²) >= 11 is 1.54. The zero-order valence-corrected chi connectivity index (χ0v) is 16.9. The second-order valence-electron chi connectivity index (χ2n) is 6.46. The Balaban J connectivity index is 1.96. The number of thiazole rings is 1. The zero-order valence-electron chi connectivity index (χ0n) is 16.1. The molecule has 0 atom stereocenters. The number of aryl methyl sites for hydroxylation is 2. The van der Waals surface area contributed by atoms with Gasteiger partial charge in [-0.15, -0.1) is 0 Å². The van der Waals surface area contributed by atoms with Gasteiger partial charge in [-0.25, -0.2) is 0 Å². The van der Waals surface area contributed by atoms with Crippen LogP contribution in [0.25, 0.3) is 10.2 Å². The first-order valence-corrected chi connectivity index (χ1v) is 9.63. The molecule has 142 valence electrons. The molecule has 0 fully saturated rings. The van der Waals surface area contributed by atoms with Crippen molar-refractivity contribution in [3.8, 4) is 5.75 Å². The van der Waals surface area contributed by atoms with E-state index in [0.29, 0.717) is 18.0 Å². The van der Waals surface area contributed by atoms with Crippen molar-refractivity contribution < 1.29 is 14.3 Å². The highest BCUT2D eigenvalue weighted by atomic mass is 32.1. The van der Waals surface area contributed by atoms with E-state index < -0.39 is 0 Å². The number of methoxy groups -OCH3 is 2. The average molecular weight is 385 g/mol. The van der Waals surface area contributed by atoms with Gasteiger partial charge >= 0.3 is 0 Å². The molecule has 0 radical (unpaired) electrons. The van der Waals surface area contributed by atoms with E-state index in [2.05, 4.69) is 35.5 Å². The Morgan fingerprint density at radius 2 is 1.81 bits per heavy atom. The van der Waals surface area contributed by atoms with Crippen molar-refractivity contribution in [3.63, 3.8) is 0 Å². The van der Waals surface area contributed by atoms with Gasteiger partial charge in [0.05, 0.1) is 30.4 Å². The van der Waals surface area contributed by atoms with Gasteiger partial charge in [-0.1, -0.05) is 23.5 Å². The molecule has 0 saturated heterocycles. The summed E-state index contributed by atoms with van der Waals surface area (Å²) in [6.45, 7) is 5.42. The molecule has 0 aliphatic rings. The number of hydrogen-bond acceptors (Lipinski definition) is 4. The van der Waals surface area contributed by atoms with E-state index in [4.69, 9.17) is 9.47 Å². The fourth-order valence-corrected chi connectivity index (χ4v) is 4.02. The van der Waals surface area contributed by atoms with Crippen LogP contribution < -0.4 is 9.54 Å². The molecular formula is C21H24N2O3S. The van der Waals surface area contributed by atoms with Gasteiger partial charge in [0.25, 0.3) is 5.91 Å². The van der Waals surface area contributed by atoms with Crippen LogP contribution >= 0.6 is 11.3 Å². The van der Waals surface area contributed by atoms with Crippen molar-refractivity contribution in [3.05, 3.63) is 57.9 Å². The lowest BCUT2D eigenvalue weighted by molar-refractivity contribution is -0.117. The molecule has 5 nitrogen and oxygen atoms in total. The molecule has 0 aliphatic carbocycles. The summed E-state index contributed by atoms with van der Waals surface area (Å²) in [5.74, 6) is 0.613. The van der Waals surface area contributed by atoms with Crippen molar-refractivity contribution >= 4 is 27.5 Å². The van der Waals surface area contributed by atoms with Crippen molar-refractivity contribution in [2.45, 2.75) is 26.8 Å². The predicted octanol–water partition coefficient (Wildman–Crippen LogP) is 3.64. The summed E-state index contributed by atoms with van der Waals surface area (Å²) in [6.07, 6.45) is 0.264. The van der Waals surface area contributed by atoms with Gasteiger partial charge in [0, 0.05) is 13.7 Å². The Morgan fingerprint density at radius 1 is 1.11 bits per heavy atom. The van der Waals surface area contributed by atoms with Gasteiger partial charge in [-0.2, -0.15) is 4.99 Å². The van der Waals surface area contributed by atoms with Crippen LogP contribution in [0.3, 0.4) is 0 Å². The van der Waals surface area contributed by atoms with E-state index in [1.165, 1.54) is 11.1 Å². The van der Waals surface area contributed by atoms with Crippen LogP contribution in [0.1, 0.15) is 16.7 Å². The lowest BCUT2D eigenvalue weighted by Crippen LogP contribution is -2.19. The zero-order chi connectivity index (χ0) is 19.4. The second kappa shape index (κ2) is 8.50. The standard InChI is InChI=1S/C21H24N2O3S/c1-14-11-18-19(12-15(14)2)27-21(23(18)9-10-25-3)22-20(24)13-16-5-7-17(26-4)8-6-16/h5-8,11-12H,9-10,13H2,1-4H3. The summed E-state index contributed by atoms with van der Waals surface area (Å²) in [7, 11) is 3.30. The normalized spacial score (nSPS) is 11.9. The van der Waals surface area contributed by atoms with Crippen molar-refractivity contribution in [1.29, 1.82) is 0 Å². The van der Waals surface area contributed by atoms with Crippen molar-refractivity contribution in [1.82, 2.24) is 4.57 Å². The van der Waals surface area contributed by atoms with Gasteiger partial charge in [-0.05, 0) is 54.8 Å². The number of ether oxygens (including phenoxy) is 2. The third-order valence-corrected chi connectivity index (χ3v) is 5.59. The number of rotatable bonds is 6. The highest BCUT2D eigenvalue weighted by Crippen LogP contribution is 2.22. The molecule has 3 aromatic rings. The van der Waals surface area contributed by atoms with Gasteiger partial charge in [-0.3, -0.25) is 4.79 Å². The summed E-state index contributed by atoms with van der Waals surface area (Å²) in [6, 6.07) is 11.8. The van der Waals surface area contributed by atoms with E-state index in [9.17, 15) is 4.79 Å². The molecule has 0 N–H and O–H groups in total. The molecule has 3 rings (SSSR count). The van der Waals surface area contributed by atoms with E-state index in [1.54, 1.807) is 25.6 Å². The number of carbonyl (C=O) groups is 1. The van der Waals surface area contributed by atoms with Crippen LogP contribution in [0.5, 0.6) is 5.75 Å². The Kier molecular flexibility index (Phi) is 6.08. The summed E-state index contributed by atoms with van der Waals surface area (Å²) in [5.41, 5.74) is 4.47. The first kappa shape index (κ1) is 19.3. The topological polar surface area (TPSA) is 52.8 Å². The van der Waals surface area contributed by atoms with Crippen molar-refractivity contribution in [2.24, 2.45) is 4.99 Å². The van der Waals surface area contributed by atoms with Crippen LogP contribution in [-0.2, 0) is 22.5 Å². The van der Waals surface area contributed by atoms with Crippen LogP contribution in [-0.4, -0.2) is 31.3 Å². The number of benzene rings is 2. The number of carbonyl (C=O) groups excluding carboxylic acids is 1. The van der Waals surface area contributed by atoms with Crippen LogP contribution in [0.2, 0.25) is 0 Å². The molecule has 2 aromatic carbocycles. The average Bonchev–Trinajstić information content (AvgIpc) is 2.96. The Hall–Kier alpha value is -2.44. The van der Waals surface area contributed by atoms with Gasteiger partial charge in [0.2, 0.25) is 0 Å². The third-order valence-electron chi connectivity index (χ3n) is 4.55. The van der Waals surface area contributed by atoms with Gasteiger partial charge in [0.1, 0.15) is 5.75 Å². The van der Waals surface area contributed by atoms with Crippen LogP contribution in [0, 0.1) is 13.8 Å². The van der Waals surface area contributed by atoms with E-state index in [0.717, 1.165) is 21.5 Å². The number of nitrogens with zero attached hydrogens (tertiary/aromatic N) is 2. The first-order chi connectivity index (χ1) is 13.0. The SMILES string of the molecule is COCCn1c(=NC(=O)Cc2ccc(OC)cc2)sc2cc(C)c(C)cc21. The minimum absolute atomic E-state index is 0.161. The Labute approximate surface area is 162 Å². The maximum atomic E-state index is 12.5. The molecule has 0 unspecified atom stereocenters. The smallest absolute Gasteiger partial charge is 0.252 e. The Morgan fingerprint density at radius 3 is 2.48 bits per heavy atom. The van der Waals surface area contributed by atoms with E-state index >= 15 is 0 Å². The summed E-state index contributed by atoms with van der Waals surface area (Å²) < 4.78 is 13.6. The first-order valence-electron chi connectivity index (χ1n) is 8.82. The van der Waals surface area contributed by atoms with E-state index in [-0.39, 0.29) is 12.3 Å². The number of aromatic nitrogens is 1. The Bertz CT molecular complexity index is 1020. The predicted molar refractivity (Wildman–Crippen MR) is 108 cm³/mol. The molecule has 1 amide bonds. The van der Waals surface area contributed by atoms with Gasteiger partial charge < -0.3 is 14.0 Å². The lowest BCUT2D eigenvalue weighted by Gasteiger charge is -2.06. The largest absolute Gasteiger partial charge is 0.497 e. The molecule has 6 heteroatoms. The monoisotopic (exact) mass is 384 g/mol. The summed E-state index contributed by atoms with van der Waals surface area (Å²) in [4.78, 5) is 17.7. The number of amides is 1. The minimum Gasteiger partial charge on any atom is -0.497 e. The quantitative estimate of drug-likeness (QED) is 0.652. The maximum Gasteiger partial charge on any atom is 0.252 e. The fraction of sp³-hybridized carbons (Fsp3) is 0.333. The van der Waals surface area contributed by atoms with E-state index in [1.807, 2.05) is 24.3 Å². The maximum absolute atomic E-state index is 12.5. The molecule has 0 spiro atoms. The molecule has 27 heavy (non-hydrogen) atoms. The second-order valence-corrected chi connectivity index (χ2v) is 7.47. The fourth-order valence-electron chi connectivity index (χ4n) is 2.87. The molecule has 1 heterocycles. The molecular weight excluding hydrogens is 360 g/mol.